The quantitative estimate of drug-likeness (QED) is 0.647. The SMILES string of the molecule is c1csc(C[C]2CCCCC2)c1. The van der Waals surface area contributed by atoms with Gasteiger partial charge in [-0.25, -0.2) is 0 Å². The molecule has 0 N–H and O–H groups in total. The lowest BCUT2D eigenvalue weighted by Gasteiger charge is -2.19. The molecule has 0 saturated heterocycles. The van der Waals surface area contributed by atoms with Crippen LogP contribution < -0.4 is 0 Å². The van der Waals surface area contributed by atoms with E-state index in [4.69, 9.17) is 0 Å². The Morgan fingerprint density at radius 3 is 2.67 bits per heavy atom. The summed E-state index contributed by atoms with van der Waals surface area (Å²) in [6.07, 6.45) is 8.35. The van der Waals surface area contributed by atoms with Crippen molar-refractivity contribution in [2.75, 3.05) is 0 Å². The summed E-state index contributed by atoms with van der Waals surface area (Å²) in [7, 11) is 0. The van der Waals surface area contributed by atoms with Gasteiger partial charge in [-0.05, 0) is 36.6 Å². The van der Waals surface area contributed by atoms with Crippen LogP contribution in [0.5, 0.6) is 0 Å². The number of thiophene rings is 1. The summed E-state index contributed by atoms with van der Waals surface area (Å²) in [4.78, 5) is 1.55. The zero-order valence-corrected chi connectivity index (χ0v) is 8.20. The van der Waals surface area contributed by atoms with Crippen LogP contribution in [0.25, 0.3) is 0 Å². The van der Waals surface area contributed by atoms with Crippen LogP contribution in [0, 0.1) is 5.92 Å². The van der Waals surface area contributed by atoms with Crippen molar-refractivity contribution in [2.24, 2.45) is 0 Å². The summed E-state index contributed by atoms with van der Waals surface area (Å²) in [6.45, 7) is 0. The summed E-state index contributed by atoms with van der Waals surface area (Å²) in [5.41, 5.74) is 0. The van der Waals surface area contributed by atoms with Crippen molar-refractivity contribution < 1.29 is 0 Å². The molecule has 1 aliphatic rings. The van der Waals surface area contributed by atoms with E-state index in [1.54, 1.807) is 10.8 Å². The van der Waals surface area contributed by atoms with Crippen LogP contribution >= 0.6 is 11.3 Å². The second-order valence-corrected chi connectivity index (χ2v) is 4.60. The Balaban J connectivity index is 1.86. The number of hydrogen-bond acceptors (Lipinski definition) is 1. The Labute approximate surface area is 78.6 Å². The molecule has 1 heteroatoms. The van der Waals surface area contributed by atoms with Gasteiger partial charge in [0, 0.05) is 4.88 Å². The fourth-order valence-corrected chi connectivity index (χ4v) is 2.66. The first-order valence-electron chi connectivity index (χ1n) is 4.81. The number of hydrogen-bond donors (Lipinski definition) is 0. The molecule has 0 bridgehead atoms. The lowest BCUT2D eigenvalue weighted by Crippen LogP contribution is -2.05. The highest BCUT2D eigenvalue weighted by molar-refractivity contribution is 7.09. The molecule has 1 heterocycles. The van der Waals surface area contributed by atoms with Gasteiger partial charge in [0.2, 0.25) is 0 Å². The molecule has 65 valence electrons. The predicted molar refractivity (Wildman–Crippen MR) is 54.4 cm³/mol. The molecular formula is C11H15S. The van der Waals surface area contributed by atoms with Crippen LogP contribution in [0.15, 0.2) is 17.5 Å². The molecule has 0 aliphatic heterocycles. The van der Waals surface area contributed by atoms with Crippen molar-refractivity contribution in [2.45, 2.75) is 38.5 Å². The van der Waals surface area contributed by atoms with E-state index >= 15 is 0 Å². The van der Waals surface area contributed by atoms with Crippen LogP contribution in [0.3, 0.4) is 0 Å². The van der Waals surface area contributed by atoms with Crippen LogP contribution in [0.2, 0.25) is 0 Å². The molecule has 1 aliphatic carbocycles. The van der Waals surface area contributed by atoms with E-state index in [9.17, 15) is 0 Å². The normalized spacial score (nSPS) is 19.7. The van der Waals surface area contributed by atoms with Gasteiger partial charge >= 0.3 is 0 Å². The van der Waals surface area contributed by atoms with Crippen LogP contribution in [-0.2, 0) is 6.42 Å². The van der Waals surface area contributed by atoms with E-state index in [1.807, 2.05) is 11.3 Å². The lowest BCUT2D eigenvalue weighted by molar-refractivity contribution is 0.521. The fraction of sp³-hybridized carbons (Fsp3) is 0.545. The Morgan fingerprint density at radius 1 is 1.17 bits per heavy atom. The van der Waals surface area contributed by atoms with Gasteiger partial charge in [0.15, 0.2) is 0 Å². The fourth-order valence-electron chi connectivity index (χ4n) is 1.89. The van der Waals surface area contributed by atoms with Crippen molar-refractivity contribution in [3.05, 3.63) is 28.3 Å². The summed E-state index contributed by atoms with van der Waals surface area (Å²) < 4.78 is 0. The first-order valence-corrected chi connectivity index (χ1v) is 5.69. The largest absolute Gasteiger partial charge is 0.149 e. The Kier molecular flexibility index (Phi) is 2.83. The monoisotopic (exact) mass is 179 g/mol. The van der Waals surface area contributed by atoms with E-state index in [2.05, 4.69) is 17.5 Å². The van der Waals surface area contributed by atoms with Gasteiger partial charge in [-0.3, -0.25) is 0 Å². The molecule has 1 fully saturated rings. The maximum Gasteiger partial charge on any atom is 0.00509 e. The van der Waals surface area contributed by atoms with E-state index in [0.717, 1.165) is 0 Å². The maximum atomic E-state index is 2.26. The molecule has 2 rings (SSSR count). The lowest BCUT2D eigenvalue weighted by atomic mass is 9.87. The molecule has 0 atom stereocenters. The molecule has 0 amide bonds. The Bertz CT molecular complexity index is 207. The first kappa shape index (κ1) is 8.31. The highest BCUT2D eigenvalue weighted by atomic mass is 32.1. The van der Waals surface area contributed by atoms with Gasteiger partial charge in [-0.1, -0.05) is 25.3 Å². The van der Waals surface area contributed by atoms with E-state index in [1.165, 1.54) is 38.5 Å². The molecule has 12 heavy (non-hydrogen) atoms. The van der Waals surface area contributed by atoms with Gasteiger partial charge < -0.3 is 0 Å². The van der Waals surface area contributed by atoms with Crippen molar-refractivity contribution in [3.63, 3.8) is 0 Å². The van der Waals surface area contributed by atoms with Crippen molar-refractivity contribution in [1.82, 2.24) is 0 Å². The molecule has 1 saturated carbocycles. The van der Waals surface area contributed by atoms with Crippen molar-refractivity contribution in [1.29, 1.82) is 0 Å². The average Bonchev–Trinajstić information content (AvgIpc) is 2.59. The molecule has 0 nitrogen and oxygen atoms in total. The Morgan fingerprint density at radius 2 is 2.00 bits per heavy atom. The van der Waals surface area contributed by atoms with Gasteiger partial charge in [0.05, 0.1) is 0 Å². The highest BCUT2D eigenvalue weighted by Gasteiger charge is 2.14. The van der Waals surface area contributed by atoms with Crippen molar-refractivity contribution >= 4 is 11.3 Å². The summed E-state index contributed by atoms with van der Waals surface area (Å²) in [5, 5.41) is 2.18. The minimum Gasteiger partial charge on any atom is -0.149 e. The summed E-state index contributed by atoms with van der Waals surface area (Å²) >= 11 is 1.90. The third-order valence-corrected chi connectivity index (χ3v) is 3.44. The smallest absolute Gasteiger partial charge is 0.00509 e. The zero-order chi connectivity index (χ0) is 8.23. The van der Waals surface area contributed by atoms with E-state index < -0.39 is 0 Å². The van der Waals surface area contributed by atoms with Gasteiger partial charge in [-0.15, -0.1) is 11.3 Å². The first-order chi connectivity index (χ1) is 5.95. The molecule has 1 aromatic rings. The minimum absolute atomic E-state index is 1.26. The second kappa shape index (κ2) is 4.08. The van der Waals surface area contributed by atoms with Gasteiger partial charge in [0.1, 0.15) is 0 Å². The zero-order valence-electron chi connectivity index (χ0n) is 7.38. The summed E-state index contributed by atoms with van der Waals surface area (Å²) in [6, 6.07) is 4.41. The van der Waals surface area contributed by atoms with Crippen LogP contribution in [-0.4, -0.2) is 0 Å². The topological polar surface area (TPSA) is 0 Å². The highest BCUT2D eigenvalue weighted by Crippen LogP contribution is 2.29. The molecule has 0 aromatic carbocycles. The van der Waals surface area contributed by atoms with Crippen LogP contribution in [0.1, 0.15) is 37.0 Å². The molecule has 0 spiro atoms. The van der Waals surface area contributed by atoms with Crippen LogP contribution in [0.4, 0.5) is 0 Å². The minimum atomic E-state index is 1.26. The van der Waals surface area contributed by atoms with Gasteiger partial charge in [-0.2, -0.15) is 0 Å². The average molecular weight is 179 g/mol. The van der Waals surface area contributed by atoms with E-state index in [-0.39, 0.29) is 0 Å². The molecular weight excluding hydrogens is 164 g/mol. The Hall–Kier alpha value is -0.300. The molecule has 1 aromatic heterocycles. The standard InChI is InChI=1S/C11H15S/c1-2-5-10(6-3-1)9-11-7-4-8-12-11/h4,7-8H,1-3,5-6,9H2. The van der Waals surface area contributed by atoms with E-state index in [0.29, 0.717) is 0 Å². The third-order valence-electron chi connectivity index (χ3n) is 2.56. The maximum absolute atomic E-state index is 2.26. The van der Waals surface area contributed by atoms with Crippen molar-refractivity contribution in [3.8, 4) is 0 Å². The predicted octanol–water partition coefficient (Wildman–Crippen LogP) is 3.83. The third kappa shape index (κ3) is 2.10. The molecule has 0 unspecified atom stereocenters. The van der Waals surface area contributed by atoms with Gasteiger partial charge in [0.25, 0.3) is 0 Å². The molecule has 1 radical (unpaired) electrons. The second-order valence-electron chi connectivity index (χ2n) is 3.57. The number of rotatable bonds is 2. The summed E-state index contributed by atoms with van der Waals surface area (Å²) in [5.74, 6) is 1.78.